The molecule has 8 fully saturated rings. The molecule has 8 rings (SSSR count). The van der Waals surface area contributed by atoms with Crippen molar-refractivity contribution in [3.63, 3.8) is 0 Å². The third-order valence-electron chi connectivity index (χ3n) is 17.9. The van der Waals surface area contributed by atoms with E-state index in [0.29, 0.717) is 32.1 Å². The van der Waals surface area contributed by atoms with Gasteiger partial charge in [0.05, 0.1) is 38.6 Å². The Bertz CT molecular complexity index is 1640. The molecule has 4 aliphatic carbocycles. The second-order valence-electron chi connectivity index (χ2n) is 21.3. The molecule has 12 N–H and O–H groups in total. The predicted molar refractivity (Wildman–Crippen MR) is 219 cm³/mol. The van der Waals surface area contributed by atoms with Crippen molar-refractivity contribution in [2.45, 2.75) is 196 Å². The maximum absolute atomic E-state index is 14.7. The molecule has 0 radical (unpaired) electrons. The molecule has 4 heterocycles. The molecule has 20 nitrogen and oxygen atoms in total. The zero-order valence-corrected chi connectivity index (χ0v) is 37.7. The minimum absolute atomic E-state index is 0.0765. The lowest BCUT2D eigenvalue weighted by atomic mass is 9.44. The average molecular weight is 935 g/mol. The van der Waals surface area contributed by atoms with E-state index < -0.39 is 129 Å². The third kappa shape index (κ3) is 8.69. The monoisotopic (exact) mass is 934 g/mol. The van der Waals surface area contributed by atoms with Crippen molar-refractivity contribution in [3.8, 4) is 0 Å². The summed E-state index contributed by atoms with van der Waals surface area (Å²) >= 11 is 0. The van der Waals surface area contributed by atoms with Gasteiger partial charge in [0.25, 0.3) is 0 Å². The fourth-order valence-electron chi connectivity index (χ4n) is 13.8. The Morgan fingerprint density at radius 2 is 1.29 bits per heavy atom. The van der Waals surface area contributed by atoms with Crippen molar-refractivity contribution >= 4 is 5.78 Å². The molecule has 0 aromatic rings. The number of Topliss-reactive ketones (excluding diaryl/α,β-unsaturated/α-hetero) is 1. The molecule has 0 aromatic heterocycles. The molecule has 374 valence electrons. The number of rotatable bonds is 13. The van der Waals surface area contributed by atoms with Crippen LogP contribution in [0.2, 0.25) is 0 Å². The van der Waals surface area contributed by atoms with E-state index in [9.17, 15) is 66.1 Å². The molecule has 4 aliphatic heterocycles. The molecule has 27 atom stereocenters. The van der Waals surface area contributed by atoms with Crippen LogP contribution in [-0.2, 0) is 38.0 Å². The van der Waals surface area contributed by atoms with Crippen molar-refractivity contribution in [1.82, 2.24) is 0 Å². The molecule has 0 aromatic carbocycles. The fourth-order valence-corrected chi connectivity index (χ4v) is 13.8. The summed E-state index contributed by atoms with van der Waals surface area (Å²) in [5.74, 6) is -1.26. The van der Waals surface area contributed by atoms with Gasteiger partial charge in [-0.25, -0.2) is 0 Å². The van der Waals surface area contributed by atoms with E-state index in [0.717, 1.165) is 19.3 Å². The third-order valence-corrected chi connectivity index (χ3v) is 17.9. The Balaban J connectivity index is 0.887. The Kier molecular flexibility index (Phi) is 14.9. The number of carbonyl (C=O) groups excluding carboxylic acids is 1. The Hall–Kier alpha value is -1.09. The largest absolute Gasteiger partial charge is 0.394 e. The van der Waals surface area contributed by atoms with Crippen LogP contribution in [0.1, 0.15) is 85.5 Å². The normalized spacial score (nSPS) is 55.0. The van der Waals surface area contributed by atoms with Crippen LogP contribution in [0.15, 0.2) is 0 Å². The van der Waals surface area contributed by atoms with Gasteiger partial charge in [0, 0.05) is 30.1 Å². The summed E-state index contributed by atoms with van der Waals surface area (Å²) in [7, 11) is 0. The Morgan fingerprint density at radius 3 is 1.92 bits per heavy atom. The number of aliphatic hydroxyl groups is 12. The minimum Gasteiger partial charge on any atom is -0.394 e. The van der Waals surface area contributed by atoms with Gasteiger partial charge in [0.2, 0.25) is 0 Å². The molecular weight excluding hydrogens is 860 g/mol. The molecule has 0 spiro atoms. The van der Waals surface area contributed by atoms with Crippen molar-refractivity contribution in [2.75, 3.05) is 26.4 Å². The first-order chi connectivity index (χ1) is 30.7. The summed E-state index contributed by atoms with van der Waals surface area (Å²) in [6.07, 6.45) is -17.4. The molecule has 0 unspecified atom stereocenters. The zero-order chi connectivity index (χ0) is 47.1. The lowest BCUT2D eigenvalue weighted by Crippen LogP contribution is -2.65. The quantitative estimate of drug-likeness (QED) is 0.0843. The molecule has 4 saturated heterocycles. The molecule has 20 heteroatoms. The van der Waals surface area contributed by atoms with Gasteiger partial charge in [-0.15, -0.1) is 0 Å². The molecular formula is C45H74O20. The van der Waals surface area contributed by atoms with E-state index in [4.69, 9.17) is 33.2 Å². The van der Waals surface area contributed by atoms with E-state index in [-0.39, 0.29) is 71.8 Å². The fraction of sp³-hybridized carbons (Fsp3) is 0.978. The van der Waals surface area contributed by atoms with E-state index in [1.54, 1.807) is 0 Å². The minimum atomic E-state index is -1.78. The summed E-state index contributed by atoms with van der Waals surface area (Å²) < 4.78 is 41.7. The molecule has 8 aliphatic rings. The van der Waals surface area contributed by atoms with Crippen LogP contribution in [-0.4, -0.2) is 204 Å². The first-order valence-corrected chi connectivity index (χ1v) is 23.8. The topological polar surface area (TPSA) is 324 Å². The summed E-state index contributed by atoms with van der Waals surface area (Å²) in [4.78, 5) is 14.7. The lowest BCUT2D eigenvalue weighted by molar-refractivity contribution is -0.373. The smallest absolute Gasteiger partial charge is 0.187 e. The van der Waals surface area contributed by atoms with Gasteiger partial charge in [-0.2, -0.15) is 0 Å². The van der Waals surface area contributed by atoms with E-state index >= 15 is 0 Å². The van der Waals surface area contributed by atoms with Crippen molar-refractivity contribution < 1.29 is 99.2 Å². The van der Waals surface area contributed by atoms with E-state index in [1.165, 1.54) is 0 Å². The van der Waals surface area contributed by atoms with Crippen LogP contribution < -0.4 is 0 Å². The summed E-state index contributed by atoms with van der Waals surface area (Å²) in [5, 5.41) is 125. The van der Waals surface area contributed by atoms with Crippen LogP contribution in [0.4, 0.5) is 0 Å². The Labute approximate surface area is 378 Å². The van der Waals surface area contributed by atoms with Crippen LogP contribution in [0.3, 0.4) is 0 Å². The first-order valence-electron chi connectivity index (χ1n) is 23.8. The number of fused-ring (bicyclic) bond motifs is 7. The molecule has 65 heavy (non-hydrogen) atoms. The van der Waals surface area contributed by atoms with Crippen molar-refractivity contribution in [2.24, 2.45) is 52.3 Å². The second kappa shape index (κ2) is 19.3. The van der Waals surface area contributed by atoms with Crippen LogP contribution in [0.5, 0.6) is 0 Å². The zero-order valence-electron chi connectivity index (χ0n) is 37.7. The van der Waals surface area contributed by atoms with Gasteiger partial charge in [0.15, 0.2) is 24.7 Å². The highest BCUT2D eigenvalue weighted by molar-refractivity contribution is 5.87. The molecule has 0 bridgehead atoms. The summed E-state index contributed by atoms with van der Waals surface area (Å²) in [6, 6.07) is 0. The van der Waals surface area contributed by atoms with E-state index in [1.807, 2.05) is 13.8 Å². The van der Waals surface area contributed by atoms with Gasteiger partial charge in [-0.3, -0.25) is 4.79 Å². The summed E-state index contributed by atoms with van der Waals surface area (Å²) in [6.45, 7) is 6.47. The van der Waals surface area contributed by atoms with Gasteiger partial charge >= 0.3 is 0 Å². The Morgan fingerprint density at radius 1 is 0.708 bits per heavy atom. The van der Waals surface area contributed by atoms with Crippen molar-refractivity contribution in [1.29, 1.82) is 0 Å². The SMILES string of the molecule is C[C@H](CC[C@@]1(O)O[C@H]2C[C@H]3[C@@H]4CC[C@@H]5C[C@@H](O[C@@H]6O[C@H](CO)[C@H](O)[C@H](O)[C@H]6O[C@@H]6O[C@H](CO)[C@@H](O)[C@H](O)[C@H]6O)CC[C@]5(C)[C@H]4CC(=O)[C@]3(C)[C@H]2[C@@H]1C)CO[C@@H]1O[C@H](CO)[C@@H](O)[C@H](O)[C@H]1O. The highest BCUT2D eigenvalue weighted by Crippen LogP contribution is 2.70. The first kappa shape index (κ1) is 50.3. The van der Waals surface area contributed by atoms with Crippen molar-refractivity contribution in [3.05, 3.63) is 0 Å². The van der Waals surface area contributed by atoms with Gasteiger partial charge in [0.1, 0.15) is 79.0 Å². The van der Waals surface area contributed by atoms with Gasteiger partial charge < -0.3 is 94.4 Å². The number of hydrogen-bond donors (Lipinski definition) is 12. The predicted octanol–water partition coefficient (Wildman–Crippen LogP) is -2.60. The highest BCUT2D eigenvalue weighted by Gasteiger charge is 2.71. The number of ketones is 1. The number of ether oxygens (including phenoxy) is 7. The molecule has 4 saturated carbocycles. The number of aliphatic hydroxyl groups excluding tert-OH is 11. The van der Waals surface area contributed by atoms with Crippen LogP contribution >= 0.6 is 0 Å². The number of hydrogen-bond acceptors (Lipinski definition) is 20. The van der Waals surface area contributed by atoms with Crippen LogP contribution in [0.25, 0.3) is 0 Å². The summed E-state index contributed by atoms with van der Waals surface area (Å²) in [5.41, 5.74) is -0.874. The van der Waals surface area contributed by atoms with E-state index in [2.05, 4.69) is 13.8 Å². The molecule has 0 amide bonds. The average Bonchev–Trinajstić information content (AvgIpc) is 3.73. The van der Waals surface area contributed by atoms with Gasteiger partial charge in [-0.05, 0) is 80.0 Å². The van der Waals surface area contributed by atoms with Crippen LogP contribution in [0, 0.1) is 52.3 Å². The second-order valence-corrected chi connectivity index (χ2v) is 21.3. The number of carbonyl (C=O) groups is 1. The standard InChI is InChI=1S/C45H74O20/c1-18(17-59-40-37(56)34(53)31(50)26(14-46)61-40)7-10-45(58)19(2)30-25(65-45)12-24-22-6-5-20-11-21(8-9-43(20,3)23(22)13-29(49)44(24,30)4)60-42-39(36(55)33(52)28(16-48)63-42)64-41-38(57)35(54)32(51)27(15-47)62-41/h18-28,30-42,46-48,50-58H,5-17H2,1-4H3/t18-,19+,20-,21+,22-,23+,24+,25+,26-,27-,28-,30+,31-,32-,33+,34+,35+,36+,37-,38-,39-,40-,41+,42-,43+,44-,45-/m1/s1. The maximum Gasteiger partial charge on any atom is 0.187 e. The lowest BCUT2D eigenvalue weighted by Gasteiger charge is -2.60. The highest BCUT2D eigenvalue weighted by atomic mass is 16.8. The van der Waals surface area contributed by atoms with Gasteiger partial charge in [-0.1, -0.05) is 27.7 Å². The maximum atomic E-state index is 14.7.